The molecule has 0 heterocycles. The third-order valence-corrected chi connectivity index (χ3v) is 4.65. The van der Waals surface area contributed by atoms with E-state index < -0.39 is 0 Å². The van der Waals surface area contributed by atoms with Crippen molar-refractivity contribution in [2.45, 2.75) is 64.0 Å². The maximum Gasteiger partial charge on any atom is 0.0330 e. The lowest BCUT2D eigenvalue weighted by atomic mass is 9.75. The van der Waals surface area contributed by atoms with E-state index in [1.165, 1.54) is 51.6 Å². The van der Waals surface area contributed by atoms with Crippen LogP contribution in [0.5, 0.6) is 0 Å². The van der Waals surface area contributed by atoms with Crippen LogP contribution < -0.4 is 5.32 Å². The predicted octanol–water partition coefficient (Wildman–Crippen LogP) is 2.57. The van der Waals surface area contributed by atoms with Gasteiger partial charge in [-0.05, 0) is 59.8 Å². The Labute approximate surface area is 120 Å². The number of hydrogen-bond donors (Lipinski definition) is 1. The highest BCUT2D eigenvalue weighted by Crippen LogP contribution is 2.36. The Hall–Kier alpha value is -0.120. The molecule has 19 heavy (non-hydrogen) atoms. The lowest BCUT2D eigenvalue weighted by Crippen LogP contribution is -2.57. The van der Waals surface area contributed by atoms with Crippen molar-refractivity contribution in [2.24, 2.45) is 0 Å². The quantitative estimate of drug-likeness (QED) is 0.657. The van der Waals surface area contributed by atoms with Crippen molar-refractivity contribution in [1.29, 1.82) is 0 Å². The molecule has 0 aromatic heterocycles. The lowest BCUT2D eigenvalue weighted by molar-refractivity contribution is 0.0254. The normalized spacial score (nSPS) is 19.7. The van der Waals surface area contributed by atoms with Crippen molar-refractivity contribution in [3.05, 3.63) is 0 Å². The lowest BCUT2D eigenvalue weighted by Gasteiger charge is -2.49. The van der Waals surface area contributed by atoms with Gasteiger partial charge in [0.2, 0.25) is 0 Å². The molecule has 1 fully saturated rings. The molecule has 0 saturated heterocycles. The summed E-state index contributed by atoms with van der Waals surface area (Å²) in [5.41, 5.74) is 0.455. The van der Waals surface area contributed by atoms with Crippen molar-refractivity contribution in [2.75, 3.05) is 40.8 Å². The fourth-order valence-corrected chi connectivity index (χ4v) is 3.23. The summed E-state index contributed by atoms with van der Waals surface area (Å²) in [6.45, 7) is 8.08. The Kier molecular flexibility index (Phi) is 7.33. The van der Waals surface area contributed by atoms with Gasteiger partial charge in [0.15, 0.2) is 0 Å². The largest absolute Gasteiger partial charge is 0.313 e. The van der Waals surface area contributed by atoms with Gasteiger partial charge in [-0.3, -0.25) is 0 Å². The van der Waals surface area contributed by atoms with Gasteiger partial charge in [-0.25, -0.2) is 0 Å². The molecule has 114 valence electrons. The molecule has 1 aliphatic carbocycles. The third-order valence-electron chi connectivity index (χ3n) is 4.65. The first kappa shape index (κ1) is 16.9. The second-order valence-corrected chi connectivity index (χ2v) is 6.61. The van der Waals surface area contributed by atoms with Gasteiger partial charge < -0.3 is 15.1 Å². The minimum absolute atomic E-state index is 0.455. The van der Waals surface area contributed by atoms with Gasteiger partial charge in [0.25, 0.3) is 0 Å². The molecule has 0 aromatic rings. The first-order chi connectivity index (χ1) is 9.04. The molecule has 3 nitrogen and oxygen atoms in total. The molecule has 0 radical (unpaired) electrons. The van der Waals surface area contributed by atoms with Crippen LogP contribution in [-0.2, 0) is 0 Å². The zero-order valence-electron chi connectivity index (χ0n) is 13.8. The molecule has 1 atom stereocenters. The molecule has 1 aliphatic rings. The SMILES string of the molecule is CCCNC(CCC)CN(C)CC1(N(C)C)CCC1. The Morgan fingerprint density at radius 2 is 1.79 bits per heavy atom. The van der Waals surface area contributed by atoms with Gasteiger partial charge in [-0.15, -0.1) is 0 Å². The third kappa shape index (κ3) is 5.05. The van der Waals surface area contributed by atoms with Crippen LogP contribution in [0.15, 0.2) is 0 Å². The summed E-state index contributed by atoms with van der Waals surface area (Å²) in [6, 6.07) is 0.661. The average Bonchev–Trinajstić information content (AvgIpc) is 2.30. The Bertz CT molecular complexity index is 236. The van der Waals surface area contributed by atoms with Gasteiger partial charge in [0, 0.05) is 24.7 Å². The average molecular weight is 269 g/mol. The Morgan fingerprint density at radius 1 is 1.11 bits per heavy atom. The van der Waals surface area contributed by atoms with Crippen molar-refractivity contribution in [1.82, 2.24) is 15.1 Å². The van der Waals surface area contributed by atoms with E-state index >= 15 is 0 Å². The van der Waals surface area contributed by atoms with Crippen LogP contribution in [0, 0.1) is 0 Å². The topological polar surface area (TPSA) is 18.5 Å². The van der Waals surface area contributed by atoms with E-state index in [0.29, 0.717) is 11.6 Å². The van der Waals surface area contributed by atoms with Crippen molar-refractivity contribution >= 4 is 0 Å². The van der Waals surface area contributed by atoms with Gasteiger partial charge in [0.1, 0.15) is 0 Å². The number of rotatable bonds is 10. The molecule has 1 saturated carbocycles. The van der Waals surface area contributed by atoms with E-state index in [4.69, 9.17) is 0 Å². The molecule has 3 heteroatoms. The summed E-state index contributed by atoms with van der Waals surface area (Å²) in [4.78, 5) is 4.99. The fraction of sp³-hybridized carbons (Fsp3) is 1.00. The summed E-state index contributed by atoms with van der Waals surface area (Å²) in [5.74, 6) is 0. The zero-order valence-corrected chi connectivity index (χ0v) is 13.8. The van der Waals surface area contributed by atoms with E-state index in [9.17, 15) is 0 Å². The highest BCUT2D eigenvalue weighted by molar-refractivity contribution is 4.98. The number of nitrogens with zero attached hydrogens (tertiary/aromatic N) is 2. The van der Waals surface area contributed by atoms with Crippen LogP contribution in [0.3, 0.4) is 0 Å². The van der Waals surface area contributed by atoms with Crippen LogP contribution in [0.2, 0.25) is 0 Å². The molecule has 1 unspecified atom stereocenters. The van der Waals surface area contributed by atoms with E-state index in [1.54, 1.807) is 0 Å². The van der Waals surface area contributed by atoms with Crippen LogP contribution in [0.4, 0.5) is 0 Å². The molecule has 0 aromatic carbocycles. The zero-order chi connectivity index (χ0) is 14.3. The minimum Gasteiger partial charge on any atom is -0.313 e. The number of likely N-dealkylation sites (N-methyl/N-ethyl adjacent to an activating group) is 2. The minimum atomic E-state index is 0.455. The molecule has 0 spiro atoms. The van der Waals surface area contributed by atoms with Crippen LogP contribution in [-0.4, -0.2) is 62.2 Å². The Morgan fingerprint density at radius 3 is 2.21 bits per heavy atom. The molecule has 0 amide bonds. The molecule has 1 N–H and O–H groups in total. The van der Waals surface area contributed by atoms with Gasteiger partial charge in [0.05, 0.1) is 0 Å². The summed E-state index contributed by atoms with van der Waals surface area (Å²) in [5, 5.41) is 3.70. The van der Waals surface area contributed by atoms with Crippen molar-refractivity contribution in [3.63, 3.8) is 0 Å². The summed E-state index contributed by atoms with van der Waals surface area (Å²) >= 11 is 0. The summed E-state index contributed by atoms with van der Waals surface area (Å²) in [7, 11) is 6.78. The number of nitrogens with one attached hydrogen (secondary N) is 1. The monoisotopic (exact) mass is 269 g/mol. The maximum absolute atomic E-state index is 3.70. The molecular weight excluding hydrogens is 234 g/mol. The van der Waals surface area contributed by atoms with Crippen LogP contribution >= 0.6 is 0 Å². The maximum atomic E-state index is 3.70. The molecule has 1 rings (SSSR count). The van der Waals surface area contributed by atoms with E-state index in [2.05, 4.69) is 50.1 Å². The van der Waals surface area contributed by atoms with E-state index in [1.807, 2.05) is 0 Å². The van der Waals surface area contributed by atoms with E-state index in [0.717, 1.165) is 6.54 Å². The van der Waals surface area contributed by atoms with E-state index in [-0.39, 0.29) is 0 Å². The molecule has 0 bridgehead atoms. The standard InChI is InChI=1S/C16H35N3/c1-6-9-15(17-12-7-2)13-19(5)14-16(18(3)4)10-8-11-16/h15,17H,6-14H2,1-5H3. The van der Waals surface area contributed by atoms with Crippen molar-refractivity contribution in [3.8, 4) is 0 Å². The Balaban J connectivity index is 2.40. The van der Waals surface area contributed by atoms with Gasteiger partial charge in [-0.1, -0.05) is 20.3 Å². The van der Waals surface area contributed by atoms with Gasteiger partial charge >= 0.3 is 0 Å². The summed E-state index contributed by atoms with van der Waals surface area (Å²) < 4.78 is 0. The second-order valence-electron chi connectivity index (χ2n) is 6.61. The van der Waals surface area contributed by atoms with Gasteiger partial charge in [-0.2, -0.15) is 0 Å². The van der Waals surface area contributed by atoms with Crippen LogP contribution in [0.25, 0.3) is 0 Å². The molecular formula is C16H35N3. The summed E-state index contributed by atoms with van der Waals surface area (Å²) in [6.07, 6.45) is 7.92. The first-order valence-electron chi connectivity index (χ1n) is 8.13. The second kappa shape index (κ2) is 8.23. The molecule has 0 aliphatic heterocycles. The smallest absolute Gasteiger partial charge is 0.0330 e. The highest BCUT2D eigenvalue weighted by atomic mass is 15.2. The number of hydrogen-bond acceptors (Lipinski definition) is 3. The highest BCUT2D eigenvalue weighted by Gasteiger charge is 2.39. The fourth-order valence-electron chi connectivity index (χ4n) is 3.23. The van der Waals surface area contributed by atoms with Crippen molar-refractivity contribution < 1.29 is 0 Å². The predicted molar refractivity (Wildman–Crippen MR) is 84.8 cm³/mol. The van der Waals surface area contributed by atoms with Crippen LogP contribution in [0.1, 0.15) is 52.4 Å². The first-order valence-corrected chi connectivity index (χ1v) is 8.13.